The summed E-state index contributed by atoms with van der Waals surface area (Å²) in [5.41, 5.74) is 0.859. The second-order valence-electron chi connectivity index (χ2n) is 4.43. The second-order valence-corrected chi connectivity index (χ2v) is 4.43. The van der Waals surface area contributed by atoms with Crippen LogP contribution in [0, 0.1) is 17.1 Å². The second kappa shape index (κ2) is 6.48. The molecule has 0 atom stereocenters. The molecule has 1 aromatic heterocycles. The van der Waals surface area contributed by atoms with Crippen molar-refractivity contribution in [3.63, 3.8) is 0 Å². The number of nitrogens with one attached hydrogen (secondary N) is 1. The van der Waals surface area contributed by atoms with Crippen molar-refractivity contribution in [3.05, 3.63) is 54.0 Å². The summed E-state index contributed by atoms with van der Waals surface area (Å²) in [5.74, 6) is -0.118. The van der Waals surface area contributed by atoms with Gasteiger partial charge in [-0.1, -0.05) is 6.07 Å². The van der Waals surface area contributed by atoms with Crippen LogP contribution in [0.5, 0.6) is 0 Å². The van der Waals surface area contributed by atoms with Gasteiger partial charge in [0.25, 0.3) is 0 Å². The molecule has 0 unspecified atom stereocenters. The van der Waals surface area contributed by atoms with E-state index in [9.17, 15) is 9.18 Å². The van der Waals surface area contributed by atoms with Crippen molar-refractivity contribution in [2.24, 2.45) is 0 Å². The van der Waals surface area contributed by atoms with E-state index in [-0.39, 0.29) is 12.5 Å². The minimum Gasteiger partial charge on any atom is -0.350 e. The van der Waals surface area contributed by atoms with Gasteiger partial charge < -0.3 is 10.2 Å². The molecule has 0 fully saturated rings. The zero-order chi connectivity index (χ0) is 15.2. The monoisotopic (exact) mass is 284 g/mol. The first kappa shape index (κ1) is 14.5. The molecule has 2 aromatic rings. The summed E-state index contributed by atoms with van der Waals surface area (Å²) in [7, 11) is 1.71. The quantitative estimate of drug-likeness (QED) is 0.934. The summed E-state index contributed by atoms with van der Waals surface area (Å²) in [6.07, 6.45) is 1.44. The predicted octanol–water partition coefficient (Wildman–Crippen LogP) is 2.17. The molecule has 0 saturated heterocycles. The van der Waals surface area contributed by atoms with E-state index in [1.54, 1.807) is 30.1 Å². The number of rotatable bonds is 4. The molecule has 5 nitrogen and oxygen atoms in total. The molecule has 0 bridgehead atoms. The number of aromatic nitrogens is 1. The maximum absolute atomic E-state index is 13.0. The van der Waals surface area contributed by atoms with Gasteiger partial charge in [0.15, 0.2) is 0 Å². The Morgan fingerprint density at radius 2 is 2.24 bits per heavy atom. The molecule has 0 aliphatic carbocycles. The average molecular weight is 284 g/mol. The number of hydrogen-bond donors (Lipinski definition) is 1. The third kappa shape index (κ3) is 4.01. The number of pyridine rings is 1. The lowest BCUT2D eigenvalue weighted by molar-refractivity contribution is -0.114. The number of amides is 1. The van der Waals surface area contributed by atoms with E-state index in [4.69, 9.17) is 5.26 Å². The molecule has 0 spiro atoms. The molecule has 1 N–H and O–H groups in total. The summed E-state index contributed by atoms with van der Waals surface area (Å²) in [6.45, 7) is 0.0649. The Morgan fingerprint density at radius 1 is 1.43 bits per heavy atom. The highest BCUT2D eigenvalue weighted by atomic mass is 19.1. The first-order valence-corrected chi connectivity index (χ1v) is 6.21. The number of hydrogen-bond acceptors (Lipinski definition) is 4. The lowest BCUT2D eigenvalue weighted by atomic mass is 10.3. The normalized spacial score (nSPS) is 9.76. The maximum Gasteiger partial charge on any atom is 0.243 e. The van der Waals surface area contributed by atoms with Crippen molar-refractivity contribution in [1.82, 2.24) is 4.98 Å². The molecule has 106 valence electrons. The largest absolute Gasteiger partial charge is 0.350 e. The van der Waals surface area contributed by atoms with E-state index in [0.29, 0.717) is 17.1 Å². The lowest BCUT2D eigenvalue weighted by Gasteiger charge is -2.17. The van der Waals surface area contributed by atoms with Crippen molar-refractivity contribution >= 4 is 17.4 Å². The van der Waals surface area contributed by atoms with Crippen LogP contribution in [0.4, 0.5) is 15.9 Å². The van der Waals surface area contributed by atoms with Crippen LogP contribution in [0.3, 0.4) is 0 Å². The number of nitrogens with zero attached hydrogens (tertiary/aromatic N) is 3. The number of likely N-dealkylation sites (N-methyl/N-ethyl adjacent to an activating group) is 1. The van der Waals surface area contributed by atoms with Crippen LogP contribution in [0.25, 0.3) is 0 Å². The maximum atomic E-state index is 13.0. The smallest absolute Gasteiger partial charge is 0.243 e. The zero-order valence-corrected chi connectivity index (χ0v) is 11.4. The molecule has 1 heterocycles. The van der Waals surface area contributed by atoms with E-state index in [0.717, 1.165) is 0 Å². The highest BCUT2D eigenvalue weighted by molar-refractivity contribution is 5.93. The summed E-state index contributed by atoms with van der Waals surface area (Å²) in [6, 6.07) is 11.0. The van der Waals surface area contributed by atoms with Gasteiger partial charge in [0.1, 0.15) is 17.7 Å². The molecule has 0 aliphatic heterocycles. The van der Waals surface area contributed by atoms with Gasteiger partial charge >= 0.3 is 0 Å². The molecule has 1 amide bonds. The van der Waals surface area contributed by atoms with E-state index in [1.807, 2.05) is 6.07 Å². The summed E-state index contributed by atoms with van der Waals surface area (Å²) in [5, 5.41) is 11.3. The van der Waals surface area contributed by atoms with Crippen LogP contribution in [0.1, 0.15) is 5.56 Å². The third-order valence-corrected chi connectivity index (χ3v) is 2.76. The molecule has 0 aliphatic rings. The van der Waals surface area contributed by atoms with Crippen molar-refractivity contribution in [3.8, 4) is 6.07 Å². The highest BCUT2D eigenvalue weighted by Crippen LogP contribution is 2.11. The average Bonchev–Trinajstić information content (AvgIpc) is 2.47. The van der Waals surface area contributed by atoms with Gasteiger partial charge in [-0.05, 0) is 30.3 Å². The molecule has 0 radical (unpaired) electrons. The fraction of sp³-hybridized carbons (Fsp3) is 0.133. The Hall–Kier alpha value is -2.94. The SMILES string of the molecule is CN(CC(=O)Nc1cccc(F)c1)c1ccc(C#N)cn1. The molecule has 6 heteroatoms. The van der Waals surface area contributed by atoms with Crippen molar-refractivity contribution < 1.29 is 9.18 Å². The number of nitriles is 1. The minimum absolute atomic E-state index is 0.0649. The number of benzene rings is 1. The van der Waals surface area contributed by atoms with Gasteiger partial charge in [-0.2, -0.15) is 5.26 Å². The molecule has 21 heavy (non-hydrogen) atoms. The summed E-state index contributed by atoms with van der Waals surface area (Å²) in [4.78, 5) is 17.6. The topological polar surface area (TPSA) is 69.0 Å². The molecular weight excluding hydrogens is 271 g/mol. The van der Waals surface area contributed by atoms with Crippen molar-refractivity contribution in [2.75, 3.05) is 23.8 Å². The molecular formula is C15H13FN4O. The summed E-state index contributed by atoms with van der Waals surface area (Å²) >= 11 is 0. The van der Waals surface area contributed by atoms with Crippen molar-refractivity contribution in [1.29, 1.82) is 5.26 Å². The van der Waals surface area contributed by atoms with Crippen LogP contribution in [-0.2, 0) is 4.79 Å². The molecule has 0 saturated carbocycles. The Bertz CT molecular complexity index is 679. The van der Waals surface area contributed by atoms with Gasteiger partial charge in [0, 0.05) is 18.9 Å². The van der Waals surface area contributed by atoms with Gasteiger partial charge in [-0.3, -0.25) is 4.79 Å². The Morgan fingerprint density at radius 3 is 2.86 bits per heavy atom. The first-order valence-electron chi connectivity index (χ1n) is 6.21. The fourth-order valence-corrected chi connectivity index (χ4v) is 1.74. The van der Waals surface area contributed by atoms with Gasteiger partial charge in [0.05, 0.1) is 12.1 Å². The Labute approximate surface area is 121 Å². The Kier molecular flexibility index (Phi) is 4.46. The van der Waals surface area contributed by atoms with Crippen molar-refractivity contribution in [2.45, 2.75) is 0 Å². The van der Waals surface area contributed by atoms with Crippen LogP contribution in [-0.4, -0.2) is 24.5 Å². The van der Waals surface area contributed by atoms with E-state index in [2.05, 4.69) is 10.3 Å². The molecule has 1 aromatic carbocycles. The predicted molar refractivity (Wildman–Crippen MR) is 77.3 cm³/mol. The first-order chi connectivity index (χ1) is 10.1. The van der Waals surface area contributed by atoms with Crippen LogP contribution in [0.2, 0.25) is 0 Å². The Balaban J connectivity index is 1.97. The summed E-state index contributed by atoms with van der Waals surface area (Å²) < 4.78 is 13.0. The van der Waals surface area contributed by atoms with Crippen LogP contribution >= 0.6 is 0 Å². The number of carbonyl (C=O) groups is 1. The van der Waals surface area contributed by atoms with Gasteiger partial charge in [0.2, 0.25) is 5.91 Å². The van der Waals surface area contributed by atoms with Gasteiger partial charge in [-0.25, -0.2) is 9.37 Å². The molecule has 2 rings (SSSR count). The number of anilines is 2. The number of carbonyl (C=O) groups excluding carboxylic acids is 1. The highest BCUT2D eigenvalue weighted by Gasteiger charge is 2.09. The standard InChI is InChI=1S/C15H13FN4O/c1-20(14-6-5-11(8-17)9-18-14)10-15(21)19-13-4-2-3-12(16)7-13/h2-7,9H,10H2,1H3,(H,19,21). The van der Waals surface area contributed by atoms with E-state index in [1.165, 1.54) is 24.4 Å². The number of halogens is 1. The van der Waals surface area contributed by atoms with Crippen LogP contribution in [0.15, 0.2) is 42.6 Å². The lowest BCUT2D eigenvalue weighted by Crippen LogP contribution is -2.30. The third-order valence-electron chi connectivity index (χ3n) is 2.76. The zero-order valence-electron chi connectivity index (χ0n) is 11.4. The minimum atomic E-state index is -0.407. The van der Waals surface area contributed by atoms with Crippen LogP contribution < -0.4 is 10.2 Å². The fourth-order valence-electron chi connectivity index (χ4n) is 1.74. The van der Waals surface area contributed by atoms with Gasteiger partial charge in [-0.15, -0.1) is 0 Å². The van der Waals surface area contributed by atoms with E-state index >= 15 is 0 Å². The van der Waals surface area contributed by atoms with E-state index < -0.39 is 5.82 Å².